The molecule has 0 unspecified atom stereocenters. The van der Waals surface area contributed by atoms with E-state index in [0.717, 1.165) is 19.3 Å². The Balaban J connectivity index is 1.77. The number of rotatable bonds is 15. The van der Waals surface area contributed by atoms with Crippen molar-refractivity contribution >= 4 is 10.8 Å². The fourth-order valence-electron chi connectivity index (χ4n) is 3.67. The van der Waals surface area contributed by atoms with Crippen LogP contribution in [0.15, 0.2) is 39.6 Å². The SMILES string of the molecule is C/C=C/CCc1cc2ccc(OCCCCCCCCCCCC)c(F)c2c(=O)o1. The molecule has 0 aliphatic carbocycles. The molecule has 1 aromatic heterocycles. The second-order valence-electron chi connectivity index (χ2n) is 7.98. The van der Waals surface area contributed by atoms with E-state index in [0.29, 0.717) is 24.2 Å². The summed E-state index contributed by atoms with van der Waals surface area (Å²) in [5, 5.41) is 0.538. The Hall–Kier alpha value is -2.10. The average molecular weight is 417 g/mol. The standard InChI is InChI=1S/C26H37FO3/c1-3-5-7-8-9-10-11-12-13-15-19-29-23-18-17-21-20-22(16-14-6-4-2)30-26(28)24(21)25(23)27/h4,6,17-18,20H,3,5,7-16,19H2,1-2H3/b6-4+. The Morgan fingerprint density at radius 2 is 1.67 bits per heavy atom. The van der Waals surface area contributed by atoms with Crippen LogP contribution in [0.25, 0.3) is 10.8 Å². The number of benzene rings is 1. The van der Waals surface area contributed by atoms with Crippen LogP contribution >= 0.6 is 0 Å². The zero-order chi connectivity index (χ0) is 21.6. The number of fused-ring (bicyclic) bond motifs is 1. The van der Waals surface area contributed by atoms with Crippen LogP contribution < -0.4 is 10.4 Å². The van der Waals surface area contributed by atoms with Gasteiger partial charge in [0.15, 0.2) is 11.6 Å². The predicted molar refractivity (Wildman–Crippen MR) is 123 cm³/mol. The highest BCUT2D eigenvalue weighted by Crippen LogP contribution is 2.25. The van der Waals surface area contributed by atoms with Crippen molar-refractivity contribution in [1.82, 2.24) is 0 Å². The van der Waals surface area contributed by atoms with Gasteiger partial charge in [0.2, 0.25) is 0 Å². The van der Waals surface area contributed by atoms with Crippen molar-refractivity contribution in [2.45, 2.75) is 90.9 Å². The van der Waals surface area contributed by atoms with E-state index >= 15 is 0 Å². The molecular formula is C26H37FO3. The van der Waals surface area contributed by atoms with E-state index in [1.165, 1.54) is 51.4 Å². The molecule has 0 fully saturated rings. The molecule has 1 aromatic carbocycles. The number of unbranched alkanes of at least 4 members (excludes halogenated alkanes) is 9. The van der Waals surface area contributed by atoms with Gasteiger partial charge in [-0.05, 0) is 37.3 Å². The van der Waals surface area contributed by atoms with Crippen LogP contribution in [-0.2, 0) is 6.42 Å². The first kappa shape index (κ1) is 24.2. The van der Waals surface area contributed by atoms with E-state index in [4.69, 9.17) is 9.15 Å². The van der Waals surface area contributed by atoms with E-state index in [9.17, 15) is 9.18 Å². The number of halogens is 1. The van der Waals surface area contributed by atoms with Crippen molar-refractivity contribution in [3.63, 3.8) is 0 Å². The van der Waals surface area contributed by atoms with Crippen molar-refractivity contribution in [1.29, 1.82) is 0 Å². The van der Waals surface area contributed by atoms with Gasteiger partial charge in [0.25, 0.3) is 0 Å². The molecule has 0 radical (unpaired) electrons. The van der Waals surface area contributed by atoms with E-state index in [1.54, 1.807) is 18.2 Å². The molecule has 0 amide bonds. The second-order valence-corrected chi connectivity index (χ2v) is 7.98. The fourth-order valence-corrected chi connectivity index (χ4v) is 3.67. The van der Waals surface area contributed by atoms with Gasteiger partial charge in [-0.1, -0.05) is 82.9 Å². The van der Waals surface area contributed by atoms with E-state index in [1.807, 2.05) is 19.1 Å². The molecule has 0 aliphatic rings. The minimum atomic E-state index is -0.634. The third-order valence-corrected chi connectivity index (χ3v) is 5.43. The molecule has 0 saturated carbocycles. The van der Waals surface area contributed by atoms with Crippen LogP contribution in [0.5, 0.6) is 5.75 Å². The highest BCUT2D eigenvalue weighted by molar-refractivity contribution is 5.83. The predicted octanol–water partition coefficient (Wildman–Crippen LogP) is 7.74. The molecular weight excluding hydrogens is 379 g/mol. The lowest BCUT2D eigenvalue weighted by atomic mass is 10.1. The van der Waals surface area contributed by atoms with Crippen molar-refractivity contribution in [2.75, 3.05) is 6.61 Å². The topological polar surface area (TPSA) is 39.4 Å². The van der Waals surface area contributed by atoms with Gasteiger partial charge in [-0.2, -0.15) is 0 Å². The van der Waals surface area contributed by atoms with Crippen LogP contribution in [0.1, 0.15) is 90.2 Å². The van der Waals surface area contributed by atoms with E-state index in [-0.39, 0.29) is 11.1 Å². The summed E-state index contributed by atoms with van der Waals surface area (Å²) in [5.41, 5.74) is -0.634. The number of aryl methyl sites for hydroxylation is 1. The molecule has 0 N–H and O–H groups in total. The lowest BCUT2D eigenvalue weighted by molar-refractivity contribution is 0.291. The van der Waals surface area contributed by atoms with Crippen molar-refractivity contribution in [3.8, 4) is 5.75 Å². The quantitative estimate of drug-likeness (QED) is 0.220. The summed E-state index contributed by atoms with van der Waals surface area (Å²) < 4.78 is 25.7. The highest BCUT2D eigenvalue weighted by Gasteiger charge is 2.14. The molecule has 30 heavy (non-hydrogen) atoms. The minimum absolute atomic E-state index is 0.0228. The van der Waals surface area contributed by atoms with Gasteiger partial charge in [0.05, 0.1) is 6.61 Å². The molecule has 1 heterocycles. The molecule has 3 nitrogen and oxygen atoms in total. The Morgan fingerprint density at radius 1 is 1.00 bits per heavy atom. The van der Waals surface area contributed by atoms with Crippen LogP contribution in [0.3, 0.4) is 0 Å². The maximum absolute atomic E-state index is 14.8. The van der Waals surface area contributed by atoms with Gasteiger partial charge in [-0.3, -0.25) is 0 Å². The summed E-state index contributed by atoms with van der Waals surface area (Å²) in [5.74, 6) is 0.0877. The molecule has 166 valence electrons. The minimum Gasteiger partial charge on any atom is -0.490 e. The Kier molecular flexibility index (Phi) is 11.3. The van der Waals surface area contributed by atoms with Crippen molar-refractivity contribution in [3.05, 3.63) is 52.3 Å². The number of hydrogen-bond acceptors (Lipinski definition) is 3. The molecule has 0 spiro atoms. The van der Waals surface area contributed by atoms with Crippen LogP contribution in [0, 0.1) is 5.82 Å². The lowest BCUT2D eigenvalue weighted by Crippen LogP contribution is -2.07. The maximum Gasteiger partial charge on any atom is 0.346 e. The summed E-state index contributed by atoms with van der Waals surface area (Å²) in [6, 6.07) is 5.10. The summed E-state index contributed by atoms with van der Waals surface area (Å²) in [6.07, 6.45) is 17.8. The van der Waals surface area contributed by atoms with E-state index in [2.05, 4.69) is 6.92 Å². The summed E-state index contributed by atoms with van der Waals surface area (Å²) in [4.78, 5) is 12.3. The smallest absolute Gasteiger partial charge is 0.346 e. The largest absolute Gasteiger partial charge is 0.490 e. The normalized spacial score (nSPS) is 11.6. The Morgan fingerprint density at radius 3 is 2.33 bits per heavy atom. The summed E-state index contributed by atoms with van der Waals surface area (Å²) >= 11 is 0. The van der Waals surface area contributed by atoms with Crippen molar-refractivity contribution < 1.29 is 13.5 Å². The third-order valence-electron chi connectivity index (χ3n) is 5.43. The molecule has 0 aliphatic heterocycles. The van der Waals surface area contributed by atoms with Crippen LogP contribution in [0.2, 0.25) is 0 Å². The molecule has 0 bridgehead atoms. The molecule has 2 rings (SSSR count). The molecule has 4 heteroatoms. The Labute approximate surface area is 180 Å². The summed E-state index contributed by atoms with van der Waals surface area (Å²) in [7, 11) is 0. The first-order chi connectivity index (χ1) is 14.7. The van der Waals surface area contributed by atoms with E-state index < -0.39 is 11.4 Å². The zero-order valence-electron chi connectivity index (χ0n) is 18.7. The van der Waals surface area contributed by atoms with Crippen molar-refractivity contribution in [2.24, 2.45) is 0 Å². The molecule has 0 atom stereocenters. The number of ether oxygens (including phenoxy) is 1. The molecule has 0 saturated heterocycles. The second kappa shape index (κ2) is 14.0. The highest BCUT2D eigenvalue weighted by atomic mass is 19.1. The molecule has 2 aromatic rings. The van der Waals surface area contributed by atoms with Gasteiger partial charge < -0.3 is 9.15 Å². The van der Waals surface area contributed by atoms with Gasteiger partial charge in [0.1, 0.15) is 11.1 Å². The number of allylic oxidation sites excluding steroid dienone is 2. The van der Waals surface area contributed by atoms with Gasteiger partial charge in [0, 0.05) is 6.42 Å². The zero-order valence-corrected chi connectivity index (χ0v) is 18.7. The fraction of sp³-hybridized carbons (Fsp3) is 0.577. The van der Waals surface area contributed by atoms with Gasteiger partial charge in [-0.15, -0.1) is 0 Å². The maximum atomic E-state index is 14.8. The Bertz CT molecular complexity index is 838. The monoisotopic (exact) mass is 416 g/mol. The average Bonchev–Trinajstić information content (AvgIpc) is 2.73. The first-order valence-electron chi connectivity index (χ1n) is 11.7. The first-order valence-corrected chi connectivity index (χ1v) is 11.7. The van der Waals surface area contributed by atoms with Crippen LogP contribution in [-0.4, -0.2) is 6.61 Å². The summed E-state index contributed by atoms with van der Waals surface area (Å²) in [6.45, 7) is 4.65. The van der Waals surface area contributed by atoms with Gasteiger partial charge >= 0.3 is 5.63 Å². The number of hydrogen-bond donors (Lipinski definition) is 0. The van der Waals surface area contributed by atoms with Crippen LogP contribution in [0.4, 0.5) is 4.39 Å². The third kappa shape index (κ3) is 7.97. The lowest BCUT2D eigenvalue weighted by Gasteiger charge is -2.09. The van der Waals surface area contributed by atoms with Gasteiger partial charge in [-0.25, -0.2) is 9.18 Å².